The predicted molar refractivity (Wildman–Crippen MR) is 69.4 cm³/mol. The molecule has 5 N–H and O–H groups in total. The first-order valence-electron chi connectivity index (χ1n) is 5.85. The maximum atomic E-state index is 11.3. The van der Waals surface area contributed by atoms with Crippen molar-refractivity contribution >= 4 is 23.0 Å². The van der Waals surface area contributed by atoms with E-state index in [2.05, 4.69) is 31.3 Å². The highest BCUT2D eigenvalue weighted by Crippen LogP contribution is 2.32. The zero-order valence-electron chi connectivity index (χ0n) is 10.3. The molecule has 1 aromatic carbocycles. The van der Waals surface area contributed by atoms with Crippen LogP contribution in [-0.4, -0.2) is 26.5 Å². The summed E-state index contributed by atoms with van der Waals surface area (Å²) < 4.78 is 0. The molecule has 98 valence electrons. The maximum absolute atomic E-state index is 11.3. The first-order chi connectivity index (χ1) is 9.13. The fraction of sp³-hybridized carbons (Fsp3) is 0.273. The lowest BCUT2D eigenvalue weighted by atomic mass is 10.1. The third-order valence-electron chi connectivity index (χ3n) is 3.02. The molecule has 2 heterocycles. The Labute approximate surface area is 108 Å². The number of nitrogen functional groups attached to an aromatic ring is 1. The van der Waals surface area contributed by atoms with Crippen LogP contribution in [0.3, 0.4) is 0 Å². The van der Waals surface area contributed by atoms with Crippen LogP contribution in [0.2, 0.25) is 0 Å². The summed E-state index contributed by atoms with van der Waals surface area (Å²) in [7, 11) is 0. The average Bonchev–Trinajstić information content (AvgIpc) is 2.97. The molecule has 0 aliphatic carbocycles. The van der Waals surface area contributed by atoms with E-state index in [9.17, 15) is 4.79 Å². The number of aromatic nitrogens is 4. The summed E-state index contributed by atoms with van der Waals surface area (Å²) >= 11 is 0. The largest absolute Gasteiger partial charge is 0.397 e. The highest BCUT2D eigenvalue weighted by molar-refractivity contribution is 6.00. The summed E-state index contributed by atoms with van der Waals surface area (Å²) in [5.74, 6) is 0.529. The third kappa shape index (κ3) is 2.07. The molecule has 2 aromatic rings. The number of nitrogens with zero attached hydrogens (tertiary/aromatic N) is 3. The van der Waals surface area contributed by atoms with Crippen LogP contribution in [0.25, 0.3) is 0 Å². The molecule has 0 radical (unpaired) electrons. The number of carbonyl (C=O) groups excluding carboxylic acids is 1. The molecule has 8 nitrogen and oxygen atoms in total. The number of H-pyrrole nitrogens is 1. The first kappa shape index (κ1) is 11.5. The Bertz CT molecular complexity index is 622. The van der Waals surface area contributed by atoms with Crippen LogP contribution in [0, 0.1) is 0 Å². The van der Waals surface area contributed by atoms with Crippen molar-refractivity contribution in [2.45, 2.75) is 19.4 Å². The van der Waals surface area contributed by atoms with E-state index < -0.39 is 0 Å². The molecule has 0 saturated carbocycles. The Hall–Kier alpha value is -2.64. The first-order valence-corrected chi connectivity index (χ1v) is 5.85. The van der Waals surface area contributed by atoms with Gasteiger partial charge in [0.2, 0.25) is 5.91 Å². The van der Waals surface area contributed by atoms with E-state index in [0.29, 0.717) is 17.9 Å². The molecule has 0 saturated heterocycles. The number of anilines is 3. The topological polar surface area (TPSA) is 122 Å². The summed E-state index contributed by atoms with van der Waals surface area (Å²) in [6, 6.07) is 3.49. The van der Waals surface area contributed by atoms with Crippen LogP contribution in [0.5, 0.6) is 0 Å². The van der Waals surface area contributed by atoms with E-state index >= 15 is 0 Å². The zero-order chi connectivity index (χ0) is 13.4. The molecule has 1 unspecified atom stereocenters. The van der Waals surface area contributed by atoms with E-state index in [1.54, 1.807) is 6.07 Å². The second-order valence-electron chi connectivity index (χ2n) is 4.46. The van der Waals surface area contributed by atoms with E-state index in [-0.39, 0.29) is 11.9 Å². The fourth-order valence-corrected chi connectivity index (χ4v) is 2.07. The number of hydrogen-bond donors (Lipinski definition) is 4. The van der Waals surface area contributed by atoms with Crippen LogP contribution in [0.15, 0.2) is 12.1 Å². The van der Waals surface area contributed by atoms with Crippen molar-refractivity contribution in [2.24, 2.45) is 0 Å². The van der Waals surface area contributed by atoms with Gasteiger partial charge in [0, 0.05) is 5.69 Å². The van der Waals surface area contributed by atoms with Gasteiger partial charge in [0.25, 0.3) is 0 Å². The molecule has 1 atom stereocenters. The number of fused-ring (bicyclic) bond motifs is 1. The van der Waals surface area contributed by atoms with Gasteiger partial charge in [0.05, 0.1) is 23.8 Å². The van der Waals surface area contributed by atoms with Crippen molar-refractivity contribution < 1.29 is 4.79 Å². The number of nitrogens with two attached hydrogens (primary N) is 1. The molecule has 0 bridgehead atoms. The molecule has 3 rings (SSSR count). The Morgan fingerprint density at radius 3 is 3.05 bits per heavy atom. The molecule has 1 aliphatic rings. The Morgan fingerprint density at radius 1 is 1.47 bits per heavy atom. The van der Waals surface area contributed by atoms with Crippen molar-refractivity contribution in [3.8, 4) is 0 Å². The van der Waals surface area contributed by atoms with Crippen LogP contribution < -0.4 is 16.4 Å². The van der Waals surface area contributed by atoms with Crippen molar-refractivity contribution in [1.82, 2.24) is 20.6 Å². The van der Waals surface area contributed by atoms with Crippen molar-refractivity contribution in [1.29, 1.82) is 0 Å². The molecular formula is C11H13N7O. The van der Waals surface area contributed by atoms with Crippen LogP contribution in [0.4, 0.5) is 17.1 Å². The lowest BCUT2D eigenvalue weighted by Gasteiger charge is -2.15. The van der Waals surface area contributed by atoms with Gasteiger partial charge in [-0.1, -0.05) is 5.21 Å². The number of aromatic amines is 1. The van der Waals surface area contributed by atoms with Crippen molar-refractivity contribution in [2.75, 3.05) is 16.4 Å². The van der Waals surface area contributed by atoms with Crippen LogP contribution >= 0.6 is 0 Å². The number of benzene rings is 1. The van der Waals surface area contributed by atoms with Gasteiger partial charge in [-0.15, -0.1) is 10.2 Å². The van der Waals surface area contributed by atoms with Gasteiger partial charge in [0.1, 0.15) is 0 Å². The van der Waals surface area contributed by atoms with Gasteiger partial charge in [0.15, 0.2) is 5.82 Å². The maximum Gasteiger partial charge on any atom is 0.228 e. The van der Waals surface area contributed by atoms with Gasteiger partial charge in [-0.3, -0.25) is 4.79 Å². The number of hydrogen-bond acceptors (Lipinski definition) is 6. The number of nitrogens with one attached hydrogen (secondary N) is 3. The molecule has 0 fully saturated rings. The lowest BCUT2D eigenvalue weighted by molar-refractivity contribution is -0.115. The number of tetrazole rings is 1. The van der Waals surface area contributed by atoms with Gasteiger partial charge in [-0.05, 0) is 24.6 Å². The van der Waals surface area contributed by atoms with E-state index in [1.807, 2.05) is 13.0 Å². The minimum Gasteiger partial charge on any atom is -0.397 e. The van der Waals surface area contributed by atoms with E-state index in [4.69, 9.17) is 5.73 Å². The molecule has 1 amide bonds. The SMILES string of the molecule is CC(Nc1cc2c(cc1N)CC(=O)N2)c1nn[nH]n1. The molecule has 1 aromatic heterocycles. The lowest BCUT2D eigenvalue weighted by Crippen LogP contribution is -2.10. The monoisotopic (exact) mass is 259 g/mol. The van der Waals surface area contributed by atoms with Gasteiger partial charge in [-0.2, -0.15) is 5.21 Å². The standard InChI is InChI=1S/C11H13N7O/c1-5(11-15-17-18-16-11)13-9-4-8-6(2-7(9)12)3-10(19)14-8/h2,4-5,13H,3,12H2,1H3,(H,14,19)(H,15,16,17,18). The molecule has 1 aliphatic heterocycles. The molecular weight excluding hydrogens is 246 g/mol. The van der Waals surface area contributed by atoms with Crippen LogP contribution in [0.1, 0.15) is 24.4 Å². The van der Waals surface area contributed by atoms with Gasteiger partial charge >= 0.3 is 0 Å². The molecule has 19 heavy (non-hydrogen) atoms. The summed E-state index contributed by atoms with van der Waals surface area (Å²) in [5, 5.41) is 19.7. The number of carbonyl (C=O) groups is 1. The smallest absolute Gasteiger partial charge is 0.228 e. The van der Waals surface area contributed by atoms with Gasteiger partial charge < -0.3 is 16.4 Å². The highest BCUT2D eigenvalue weighted by Gasteiger charge is 2.20. The quantitative estimate of drug-likeness (QED) is 0.594. The predicted octanol–water partition coefficient (Wildman–Crippen LogP) is 0.450. The number of rotatable bonds is 3. The van der Waals surface area contributed by atoms with E-state index in [1.165, 1.54) is 0 Å². The fourth-order valence-electron chi connectivity index (χ4n) is 2.07. The third-order valence-corrected chi connectivity index (χ3v) is 3.02. The highest BCUT2D eigenvalue weighted by atomic mass is 16.1. The Morgan fingerprint density at radius 2 is 2.32 bits per heavy atom. The van der Waals surface area contributed by atoms with Crippen LogP contribution in [-0.2, 0) is 11.2 Å². The summed E-state index contributed by atoms with van der Waals surface area (Å²) in [4.78, 5) is 11.3. The minimum absolute atomic E-state index is 0.0160. The zero-order valence-corrected chi connectivity index (χ0v) is 10.3. The van der Waals surface area contributed by atoms with E-state index in [0.717, 1.165) is 16.9 Å². The summed E-state index contributed by atoms with van der Waals surface area (Å²) in [6.45, 7) is 1.90. The molecule has 8 heteroatoms. The van der Waals surface area contributed by atoms with Crippen molar-refractivity contribution in [3.63, 3.8) is 0 Å². The second kappa shape index (κ2) is 4.23. The Balaban J connectivity index is 1.86. The Kier molecular flexibility index (Phi) is 2.55. The minimum atomic E-state index is -0.142. The average molecular weight is 259 g/mol. The summed E-state index contributed by atoms with van der Waals surface area (Å²) in [5.41, 5.74) is 9.01. The van der Waals surface area contributed by atoms with Crippen molar-refractivity contribution in [3.05, 3.63) is 23.5 Å². The summed E-state index contributed by atoms with van der Waals surface area (Å²) in [6.07, 6.45) is 0.375. The van der Waals surface area contributed by atoms with Gasteiger partial charge in [-0.25, -0.2) is 0 Å². The molecule has 0 spiro atoms. The second-order valence-corrected chi connectivity index (χ2v) is 4.46. The number of amides is 1. The normalized spacial score (nSPS) is 14.9.